The van der Waals surface area contributed by atoms with Crippen LogP contribution in [0.1, 0.15) is 56.0 Å². The summed E-state index contributed by atoms with van der Waals surface area (Å²) in [5, 5.41) is 5.90. The average Bonchev–Trinajstić information content (AvgIpc) is 3.21. The Morgan fingerprint density at radius 1 is 1.07 bits per heavy atom. The Hall–Kier alpha value is -2.21. The molecule has 1 unspecified atom stereocenters. The molecule has 6 heteroatoms. The number of carbonyl (C=O) groups is 1. The summed E-state index contributed by atoms with van der Waals surface area (Å²) in [5.74, 6) is 1.10. The van der Waals surface area contributed by atoms with E-state index in [0.29, 0.717) is 36.5 Å². The number of nitrogens with one attached hydrogen (secondary N) is 1. The van der Waals surface area contributed by atoms with E-state index in [1.165, 1.54) is 33.6 Å². The molecule has 3 aliphatic rings. The van der Waals surface area contributed by atoms with E-state index in [1.807, 2.05) is 5.38 Å². The topological polar surface area (TPSA) is 68.0 Å². The highest BCUT2D eigenvalue weighted by atomic mass is 35.5. The molecule has 0 fully saturated rings. The molecule has 1 atom stereocenters. The van der Waals surface area contributed by atoms with Gasteiger partial charge in [-0.25, -0.2) is 4.98 Å². The zero-order valence-corrected chi connectivity index (χ0v) is 17.6. The minimum atomic E-state index is -0.0810. The summed E-state index contributed by atoms with van der Waals surface area (Å²) in [5.41, 5.74) is 11.9. The maximum Gasteiger partial charge on any atom is 0.270 e. The summed E-state index contributed by atoms with van der Waals surface area (Å²) < 4.78 is 0. The van der Waals surface area contributed by atoms with Crippen LogP contribution in [0, 0.1) is 5.92 Å². The van der Waals surface area contributed by atoms with Gasteiger partial charge in [-0.3, -0.25) is 4.79 Å². The molecule has 3 aromatic rings. The molecule has 0 radical (unpaired) electrons. The van der Waals surface area contributed by atoms with Gasteiger partial charge in [0.05, 0.1) is 5.01 Å². The Morgan fingerprint density at radius 2 is 1.69 bits per heavy atom. The summed E-state index contributed by atoms with van der Waals surface area (Å²) in [6, 6.07) is 17.6. The van der Waals surface area contributed by atoms with Gasteiger partial charge in [-0.15, -0.1) is 23.7 Å². The summed E-state index contributed by atoms with van der Waals surface area (Å²) in [7, 11) is 0. The number of hydrogen-bond donors (Lipinski definition) is 2. The van der Waals surface area contributed by atoms with Crippen molar-refractivity contribution in [2.75, 3.05) is 13.1 Å². The number of fused-ring (bicyclic) bond motifs is 1. The number of nitrogens with two attached hydrogens (primary N) is 1. The fraction of sp³-hybridized carbons (Fsp3) is 0.304. The normalized spacial score (nSPS) is 21.1. The van der Waals surface area contributed by atoms with Gasteiger partial charge in [-0.2, -0.15) is 0 Å². The molecule has 1 aromatic heterocycles. The van der Waals surface area contributed by atoms with Gasteiger partial charge in [0.2, 0.25) is 0 Å². The van der Waals surface area contributed by atoms with Crippen LogP contribution in [0.5, 0.6) is 0 Å². The van der Waals surface area contributed by atoms with E-state index in [0.717, 1.165) is 17.8 Å². The van der Waals surface area contributed by atoms with Crippen LogP contribution >= 0.6 is 23.7 Å². The molecule has 3 N–H and O–H groups in total. The van der Waals surface area contributed by atoms with E-state index in [-0.39, 0.29) is 18.3 Å². The predicted octanol–water partition coefficient (Wildman–Crippen LogP) is 4.09. The molecule has 1 amide bonds. The predicted molar refractivity (Wildman–Crippen MR) is 119 cm³/mol. The van der Waals surface area contributed by atoms with Crippen molar-refractivity contribution in [2.45, 2.75) is 24.7 Å². The summed E-state index contributed by atoms with van der Waals surface area (Å²) in [6.07, 6.45) is 1.80. The summed E-state index contributed by atoms with van der Waals surface area (Å²) in [6.45, 7) is 1.23. The Labute approximate surface area is 181 Å². The lowest BCUT2D eigenvalue weighted by atomic mass is 9.59. The monoisotopic (exact) mass is 425 g/mol. The van der Waals surface area contributed by atoms with Crippen LogP contribution in [-0.2, 0) is 6.42 Å². The Morgan fingerprint density at radius 3 is 2.31 bits per heavy atom. The molecule has 6 rings (SSSR count). The first kappa shape index (κ1) is 20.1. The van der Waals surface area contributed by atoms with Gasteiger partial charge in [0.25, 0.3) is 5.91 Å². The zero-order valence-electron chi connectivity index (χ0n) is 16.0. The van der Waals surface area contributed by atoms with Crippen molar-refractivity contribution in [3.63, 3.8) is 0 Å². The van der Waals surface area contributed by atoms with Gasteiger partial charge in [0.15, 0.2) is 0 Å². The fourth-order valence-electron chi connectivity index (χ4n) is 4.93. The second-order valence-electron chi connectivity index (χ2n) is 7.66. The van der Waals surface area contributed by atoms with Gasteiger partial charge in [0.1, 0.15) is 5.69 Å². The zero-order chi connectivity index (χ0) is 19.1. The molecule has 0 aliphatic heterocycles. The Balaban J connectivity index is 0.00000205. The third-order valence-electron chi connectivity index (χ3n) is 6.09. The molecular weight excluding hydrogens is 402 g/mol. The third-order valence-corrected chi connectivity index (χ3v) is 7.00. The van der Waals surface area contributed by atoms with Crippen molar-refractivity contribution in [3.05, 3.63) is 86.9 Å². The van der Waals surface area contributed by atoms with Crippen LogP contribution in [0.25, 0.3) is 0 Å². The van der Waals surface area contributed by atoms with Crippen LogP contribution in [0.2, 0.25) is 0 Å². The van der Waals surface area contributed by atoms with Crippen LogP contribution in [0.3, 0.4) is 0 Å². The van der Waals surface area contributed by atoms with E-state index < -0.39 is 0 Å². The number of hydrogen-bond acceptors (Lipinski definition) is 4. The molecule has 2 aromatic carbocycles. The summed E-state index contributed by atoms with van der Waals surface area (Å²) >= 11 is 1.51. The summed E-state index contributed by atoms with van der Waals surface area (Å²) in [4.78, 5) is 17.0. The Bertz CT molecular complexity index is 987. The van der Waals surface area contributed by atoms with Crippen LogP contribution in [0.15, 0.2) is 53.9 Å². The molecule has 150 valence electrons. The minimum Gasteiger partial charge on any atom is -0.350 e. The number of halogens is 1. The first-order valence-corrected chi connectivity index (χ1v) is 10.7. The lowest BCUT2D eigenvalue weighted by Crippen LogP contribution is -2.39. The highest BCUT2D eigenvalue weighted by Crippen LogP contribution is 2.55. The number of rotatable bonds is 5. The number of aromatic nitrogens is 1. The highest BCUT2D eigenvalue weighted by Gasteiger charge is 2.42. The van der Waals surface area contributed by atoms with Gasteiger partial charge in [-0.05, 0) is 41.1 Å². The minimum absolute atomic E-state index is 0. The average molecular weight is 426 g/mol. The smallest absolute Gasteiger partial charge is 0.270 e. The maximum atomic E-state index is 12.6. The van der Waals surface area contributed by atoms with E-state index in [4.69, 9.17) is 5.73 Å². The van der Waals surface area contributed by atoms with Crippen molar-refractivity contribution < 1.29 is 4.79 Å². The number of nitrogens with zero attached hydrogens (tertiary/aromatic N) is 1. The van der Waals surface area contributed by atoms with Crippen LogP contribution < -0.4 is 11.1 Å². The highest BCUT2D eigenvalue weighted by molar-refractivity contribution is 7.09. The second-order valence-corrected chi connectivity index (χ2v) is 8.60. The first-order valence-electron chi connectivity index (χ1n) is 9.86. The quantitative estimate of drug-likeness (QED) is 0.646. The molecule has 29 heavy (non-hydrogen) atoms. The van der Waals surface area contributed by atoms with Crippen molar-refractivity contribution >= 4 is 29.7 Å². The van der Waals surface area contributed by atoms with E-state index >= 15 is 0 Å². The molecule has 0 spiro atoms. The Kier molecular flexibility index (Phi) is 5.72. The molecular formula is C23H24ClN3OS. The SMILES string of the molecule is Cl.NCCc1nc(C(=O)NCC2CC3c4ccccc4C2c2ccccc23)cs1. The molecule has 0 saturated carbocycles. The maximum absolute atomic E-state index is 12.6. The van der Waals surface area contributed by atoms with Crippen LogP contribution in [0.4, 0.5) is 0 Å². The molecule has 1 heterocycles. The fourth-order valence-corrected chi connectivity index (χ4v) is 5.72. The van der Waals surface area contributed by atoms with Gasteiger partial charge < -0.3 is 11.1 Å². The third kappa shape index (κ3) is 3.48. The second kappa shape index (κ2) is 8.27. The van der Waals surface area contributed by atoms with Crippen molar-refractivity contribution in [3.8, 4) is 0 Å². The van der Waals surface area contributed by atoms with Gasteiger partial charge in [0, 0.05) is 30.2 Å². The molecule has 4 nitrogen and oxygen atoms in total. The van der Waals surface area contributed by atoms with Gasteiger partial charge >= 0.3 is 0 Å². The number of benzene rings is 2. The van der Waals surface area contributed by atoms with Gasteiger partial charge in [-0.1, -0.05) is 48.5 Å². The van der Waals surface area contributed by atoms with Crippen LogP contribution in [-0.4, -0.2) is 24.0 Å². The lowest BCUT2D eigenvalue weighted by Gasteiger charge is -2.45. The largest absolute Gasteiger partial charge is 0.350 e. The molecule has 2 bridgehead atoms. The van der Waals surface area contributed by atoms with E-state index in [2.05, 4.69) is 58.8 Å². The van der Waals surface area contributed by atoms with Crippen molar-refractivity contribution in [1.82, 2.24) is 10.3 Å². The van der Waals surface area contributed by atoms with Crippen molar-refractivity contribution in [1.29, 1.82) is 0 Å². The van der Waals surface area contributed by atoms with Crippen molar-refractivity contribution in [2.24, 2.45) is 11.7 Å². The molecule has 3 aliphatic carbocycles. The standard InChI is InChI=1S/C23H23N3OS.ClH/c24-10-9-21-26-20(13-28-21)23(27)25-12-14-11-19-15-5-1-3-7-17(15)22(14)18-8-4-2-6-16(18)19;/h1-8,13-14,19,22H,9-12,24H2,(H,25,27);1H. The first-order chi connectivity index (χ1) is 13.8. The number of amides is 1. The number of thiazole rings is 1. The molecule has 0 saturated heterocycles. The lowest BCUT2D eigenvalue weighted by molar-refractivity contribution is 0.0938. The van der Waals surface area contributed by atoms with E-state index in [9.17, 15) is 4.79 Å². The number of carbonyl (C=O) groups excluding carboxylic acids is 1. The van der Waals surface area contributed by atoms with E-state index in [1.54, 1.807) is 0 Å².